The number of aromatic nitrogens is 4. The molecule has 0 aliphatic heterocycles. The molecular weight excluding hydrogens is 571 g/mol. The van der Waals surface area contributed by atoms with Crippen molar-refractivity contribution in [2.24, 2.45) is 0 Å². The molecule has 0 atom stereocenters. The first-order chi connectivity index (χ1) is 19.0. The summed E-state index contributed by atoms with van der Waals surface area (Å²) in [7, 11) is 0. The maximum Gasteiger partial charge on any atom is 0.417 e. The number of hydrogen-bond donors (Lipinski definition) is 0. The van der Waals surface area contributed by atoms with Gasteiger partial charge in [0, 0.05) is 10.8 Å². The molecule has 0 radical (unpaired) electrons. The van der Waals surface area contributed by atoms with Gasteiger partial charge in [0.15, 0.2) is 0 Å². The molecule has 4 aromatic heterocycles. The lowest BCUT2D eigenvalue weighted by molar-refractivity contribution is -0.137. The number of alkyl halides is 9. The summed E-state index contributed by atoms with van der Waals surface area (Å²) in [6.45, 7) is 1.59. The van der Waals surface area contributed by atoms with Crippen molar-refractivity contribution in [1.82, 2.24) is 18.8 Å². The Morgan fingerprint density at radius 1 is 0.585 bits per heavy atom. The van der Waals surface area contributed by atoms with Crippen LogP contribution in [0.15, 0.2) is 46.0 Å². The Balaban J connectivity index is 1.84. The van der Waals surface area contributed by atoms with Crippen LogP contribution in [-0.2, 0) is 18.5 Å². The number of aryl methyl sites for hydroxylation is 1. The van der Waals surface area contributed by atoms with Crippen molar-refractivity contribution >= 4 is 54.9 Å². The van der Waals surface area contributed by atoms with E-state index in [1.54, 1.807) is 6.92 Å². The molecule has 4 heterocycles. The van der Waals surface area contributed by atoms with E-state index in [1.807, 2.05) is 0 Å². The quantitative estimate of drug-likeness (QED) is 0.191. The molecule has 0 bridgehead atoms. The second kappa shape index (κ2) is 7.33. The van der Waals surface area contributed by atoms with E-state index < -0.39 is 84.7 Å². The summed E-state index contributed by atoms with van der Waals surface area (Å²) in [5.41, 5.74) is -10.3. The van der Waals surface area contributed by atoms with Crippen LogP contribution in [0.25, 0.3) is 54.9 Å². The standard InChI is InChI=1S/C26H9F9N4O2/c1-8-2-4-10-12(6-8)38-20(36-10)14-16(22(38)40)19(26(33,34)35)15-17(18(14)25(30,31)32)23(41)39-13-7-9(24(27,28)29)3-5-11(13)37-21(15)39/h2-7H,1H3. The van der Waals surface area contributed by atoms with Crippen LogP contribution >= 0.6 is 0 Å². The van der Waals surface area contributed by atoms with Gasteiger partial charge in [0.05, 0.1) is 49.5 Å². The van der Waals surface area contributed by atoms with Crippen molar-refractivity contribution in [2.75, 3.05) is 0 Å². The van der Waals surface area contributed by atoms with E-state index in [9.17, 15) is 49.1 Å². The molecule has 6 nitrogen and oxygen atoms in total. The molecule has 0 saturated heterocycles. The van der Waals surface area contributed by atoms with Gasteiger partial charge < -0.3 is 0 Å². The monoisotopic (exact) mass is 580 g/mol. The molecule has 0 aliphatic rings. The zero-order valence-electron chi connectivity index (χ0n) is 20.0. The highest BCUT2D eigenvalue weighted by atomic mass is 19.4. The van der Waals surface area contributed by atoms with Crippen molar-refractivity contribution in [3.63, 3.8) is 0 Å². The fraction of sp³-hybridized carbons (Fsp3) is 0.154. The lowest BCUT2D eigenvalue weighted by Gasteiger charge is -2.14. The number of benzene rings is 3. The van der Waals surface area contributed by atoms with Crippen LogP contribution in [0.2, 0.25) is 0 Å². The largest absolute Gasteiger partial charge is 0.417 e. The van der Waals surface area contributed by atoms with E-state index in [0.717, 1.165) is 6.07 Å². The molecule has 0 unspecified atom stereocenters. The average Bonchev–Trinajstić information content (AvgIpc) is 3.55. The molecular formula is C26H9F9N4O2. The highest BCUT2D eigenvalue weighted by molar-refractivity contribution is 6.17. The predicted octanol–water partition coefficient (Wildman–Crippen LogP) is 6.56. The Bertz CT molecular complexity index is 2370. The summed E-state index contributed by atoms with van der Waals surface area (Å²) >= 11 is 0. The third kappa shape index (κ3) is 3.16. The minimum absolute atomic E-state index is 0.0247. The first-order valence-corrected chi connectivity index (χ1v) is 11.6. The van der Waals surface area contributed by atoms with Crippen LogP contribution in [0.5, 0.6) is 0 Å². The normalized spacial score (nSPS) is 13.8. The third-order valence-corrected chi connectivity index (χ3v) is 7.14. The summed E-state index contributed by atoms with van der Waals surface area (Å²) in [5.74, 6) is 0. The molecule has 0 saturated carbocycles. The molecule has 0 fully saturated rings. The van der Waals surface area contributed by atoms with E-state index in [1.165, 1.54) is 18.2 Å². The summed E-state index contributed by atoms with van der Waals surface area (Å²) in [6, 6.07) is 6.05. The first kappa shape index (κ1) is 25.3. The summed E-state index contributed by atoms with van der Waals surface area (Å²) in [5, 5.41) is -5.42. The van der Waals surface area contributed by atoms with Crippen LogP contribution in [0, 0.1) is 6.92 Å². The Morgan fingerprint density at radius 2 is 1.02 bits per heavy atom. The van der Waals surface area contributed by atoms with Gasteiger partial charge in [-0.1, -0.05) is 6.07 Å². The summed E-state index contributed by atoms with van der Waals surface area (Å²) < 4.78 is 129. The van der Waals surface area contributed by atoms with E-state index in [4.69, 9.17) is 0 Å². The summed E-state index contributed by atoms with van der Waals surface area (Å²) in [4.78, 5) is 34.9. The van der Waals surface area contributed by atoms with Gasteiger partial charge in [0.2, 0.25) is 0 Å². The number of halogens is 9. The lowest BCUT2D eigenvalue weighted by Crippen LogP contribution is -2.18. The van der Waals surface area contributed by atoms with Crippen LogP contribution in [-0.4, -0.2) is 18.8 Å². The van der Waals surface area contributed by atoms with Crippen molar-refractivity contribution in [3.8, 4) is 0 Å². The minimum atomic E-state index is -5.49. The number of hydrogen-bond acceptors (Lipinski definition) is 4. The molecule has 208 valence electrons. The molecule has 7 aromatic rings. The lowest BCUT2D eigenvalue weighted by atomic mass is 9.95. The van der Waals surface area contributed by atoms with Gasteiger partial charge >= 0.3 is 18.5 Å². The number of rotatable bonds is 0. The third-order valence-electron chi connectivity index (χ3n) is 7.14. The Morgan fingerprint density at radius 3 is 1.46 bits per heavy atom. The van der Waals surface area contributed by atoms with Gasteiger partial charge in [-0.2, -0.15) is 39.5 Å². The molecule has 0 aliphatic carbocycles. The van der Waals surface area contributed by atoms with Gasteiger partial charge in [0.25, 0.3) is 11.1 Å². The van der Waals surface area contributed by atoms with Crippen molar-refractivity contribution in [2.45, 2.75) is 25.5 Å². The van der Waals surface area contributed by atoms with Gasteiger partial charge in [0.1, 0.15) is 11.3 Å². The first-order valence-electron chi connectivity index (χ1n) is 11.6. The number of fused-ring (bicyclic) bond motifs is 10. The van der Waals surface area contributed by atoms with Crippen LogP contribution < -0.4 is 11.1 Å². The molecule has 0 spiro atoms. The van der Waals surface area contributed by atoms with Gasteiger partial charge in [-0.15, -0.1) is 0 Å². The minimum Gasteiger partial charge on any atom is -0.268 e. The Hall–Kier alpha value is -4.69. The number of nitrogens with zero attached hydrogens (tertiary/aromatic N) is 4. The van der Waals surface area contributed by atoms with E-state index in [-0.39, 0.29) is 21.0 Å². The van der Waals surface area contributed by atoms with Crippen molar-refractivity contribution in [3.05, 3.63) is 79.4 Å². The SMILES string of the molecule is Cc1ccc2nc3c4c(C(F)(F)F)c5c(=O)n6c7cc(C(F)(F)F)ccc7nc6c5c(C(F)(F)F)c4c(=O)n3c2c1. The summed E-state index contributed by atoms with van der Waals surface area (Å²) in [6.07, 6.45) is -15.9. The average molecular weight is 580 g/mol. The van der Waals surface area contributed by atoms with Crippen LogP contribution in [0.4, 0.5) is 39.5 Å². The highest BCUT2D eigenvalue weighted by Crippen LogP contribution is 2.48. The Kier molecular flexibility index (Phi) is 4.52. The van der Waals surface area contributed by atoms with Crippen LogP contribution in [0.3, 0.4) is 0 Å². The molecule has 41 heavy (non-hydrogen) atoms. The predicted molar refractivity (Wildman–Crippen MR) is 129 cm³/mol. The fourth-order valence-corrected chi connectivity index (χ4v) is 5.60. The smallest absolute Gasteiger partial charge is 0.268 e. The van der Waals surface area contributed by atoms with E-state index in [0.29, 0.717) is 22.1 Å². The highest BCUT2D eigenvalue weighted by Gasteiger charge is 2.46. The van der Waals surface area contributed by atoms with Crippen LogP contribution in [0.1, 0.15) is 22.3 Å². The molecule has 15 heteroatoms. The maximum atomic E-state index is 14.7. The zero-order chi connectivity index (χ0) is 29.5. The van der Waals surface area contributed by atoms with Gasteiger partial charge in [-0.3, -0.25) is 18.4 Å². The van der Waals surface area contributed by atoms with Crippen molar-refractivity contribution < 1.29 is 39.5 Å². The second-order valence-electron chi connectivity index (χ2n) is 9.59. The second-order valence-corrected chi connectivity index (χ2v) is 9.59. The van der Waals surface area contributed by atoms with Gasteiger partial charge in [-0.05, 0) is 42.8 Å². The Labute approximate surface area is 218 Å². The molecule has 3 aromatic carbocycles. The maximum absolute atomic E-state index is 14.7. The van der Waals surface area contributed by atoms with Crippen molar-refractivity contribution in [1.29, 1.82) is 0 Å². The van der Waals surface area contributed by atoms with E-state index in [2.05, 4.69) is 9.97 Å². The van der Waals surface area contributed by atoms with Gasteiger partial charge in [-0.25, -0.2) is 9.97 Å². The topological polar surface area (TPSA) is 68.7 Å². The van der Waals surface area contributed by atoms with E-state index >= 15 is 0 Å². The zero-order valence-corrected chi connectivity index (χ0v) is 20.0. The number of imidazole rings is 2. The molecule has 7 rings (SSSR count). The molecule has 0 N–H and O–H groups in total. The fourth-order valence-electron chi connectivity index (χ4n) is 5.60. The molecule has 0 amide bonds.